The summed E-state index contributed by atoms with van der Waals surface area (Å²) in [6, 6.07) is 4.87. The number of nitrogens with one attached hydrogen (secondary N) is 2. The zero-order valence-corrected chi connectivity index (χ0v) is 14.7. The maximum absolute atomic E-state index is 11.9. The van der Waals surface area contributed by atoms with Crippen LogP contribution in [0.3, 0.4) is 0 Å². The number of amides is 2. The number of alkyl carbamates (subject to hydrolysis) is 1. The van der Waals surface area contributed by atoms with Gasteiger partial charge in [0.25, 0.3) is 0 Å². The molecule has 1 atom stereocenters. The Hall–Kier alpha value is -1.79. The smallest absolute Gasteiger partial charge is 0.408 e. The first-order chi connectivity index (χ1) is 10.5. The van der Waals surface area contributed by atoms with Crippen molar-refractivity contribution in [1.82, 2.24) is 5.32 Å². The first kappa shape index (κ1) is 19.3. The van der Waals surface area contributed by atoms with Crippen molar-refractivity contribution in [2.45, 2.75) is 51.9 Å². The summed E-state index contributed by atoms with van der Waals surface area (Å²) in [5, 5.41) is 16.0. The summed E-state index contributed by atoms with van der Waals surface area (Å²) in [5.74, 6) is 0. The predicted molar refractivity (Wildman–Crippen MR) is 89.5 cm³/mol. The van der Waals surface area contributed by atoms with Crippen LogP contribution in [0, 0.1) is 0 Å². The zero-order chi connectivity index (χ0) is 17.8. The van der Waals surface area contributed by atoms with Crippen molar-refractivity contribution in [2.75, 3.05) is 5.32 Å². The number of benzene rings is 1. The summed E-state index contributed by atoms with van der Waals surface area (Å²) in [6.07, 6.45) is -1.28. The Bertz CT molecular complexity index is 582. The molecule has 0 saturated heterocycles. The Kier molecular flexibility index (Phi) is 6.02. The van der Waals surface area contributed by atoms with Crippen LogP contribution in [-0.2, 0) is 9.53 Å². The number of carbonyl (C=O) groups is 2. The van der Waals surface area contributed by atoms with Gasteiger partial charge in [-0.15, -0.1) is 0 Å². The number of hydrogen-bond donors (Lipinski definition) is 3. The summed E-state index contributed by atoms with van der Waals surface area (Å²) < 4.78 is 5.20. The van der Waals surface area contributed by atoms with Crippen LogP contribution < -0.4 is 10.6 Å². The molecule has 1 rings (SSSR count). The normalized spacial score (nSPS) is 13.2. The van der Waals surface area contributed by atoms with E-state index in [1.807, 2.05) is 0 Å². The largest absolute Gasteiger partial charge is 0.444 e. The van der Waals surface area contributed by atoms with Gasteiger partial charge in [0.2, 0.25) is 6.41 Å². The molecule has 0 fully saturated rings. The third-order valence-electron chi connectivity index (χ3n) is 3.05. The van der Waals surface area contributed by atoms with Gasteiger partial charge in [-0.1, -0.05) is 23.7 Å². The maximum Gasteiger partial charge on any atom is 0.408 e. The van der Waals surface area contributed by atoms with Crippen LogP contribution in [0.1, 0.15) is 46.3 Å². The monoisotopic (exact) mass is 342 g/mol. The van der Waals surface area contributed by atoms with Gasteiger partial charge in [0.15, 0.2) is 0 Å². The summed E-state index contributed by atoms with van der Waals surface area (Å²) in [7, 11) is 0. The van der Waals surface area contributed by atoms with E-state index in [9.17, 15) is 14.7 Å². The van der Waals surface area contributed by atoms with Crippen molar-refractivity contribution >= 4 is 29.8 Å². The molecule has 0 spiro atoms. The van der Waals surface area contributed by atoms with Crippen molar-refractivity contribution < 1.29 is 19.4 Å². The van der Waals surface area contributed by atoms with Gasteiger partial charge in [-0.25, -0.2) is 4.79 Å². The molecule has 0 radical (unpaired) electrons. The SMILES string of the molecule is CC(C)(C)OC(=O)NC(C)(C)C(O)c1cccc(Cl)c1NC=O. The van der Waals surface area contributed by atoms with Crippen molar-refractivity contribution in [3.8, 4) is 0 Å². The second-order valence-corrected chi connectivity index (χ2v) is 7.12. The van der Waals surface area contributed by atoms with Crippen LogP contribution in [0.25, 0.3) is 0 Å². The molecule has 0 bridgehead atoms. The third kappa shape index (κ3) is 5.41. The molecule has 0 aliphatic rings. The third-order valence-corrected chi connectivity index (χ3v) is 3.37. The molecule has 7 heteroatoms. The number of para-hydroxylation sites is 1. The average Bonchev–Trinajstić information content (AvgIpc) is 2.37. The highest BCUT2D eigenvalue weighted by Crippen LogP contribution is 2.35. The number of anilines is 1. The number of rotatable bonds is 5. The van der Waals surface area contributed by atoms with Crippen LogP contribution in [0.15, 0.2) is 18.2 Å². The van der Waals surface area contributed by atoms with E-state index in [0.717, 1.165) is 0 Å². The first-order valence-electron chi connectivity index (χ1n) is 7.16. The molecule has 1 aromatic rings. The maximum atomic E-state index is 11.9. The fourth-order valence-electron chi connectivity index (χ4n) is 2.00. The van der Waals surface area contributed by atoms with E-state index in [-0.39, 0.29) is 0 Å². The molecule has 0 aliphatic carbocycles. The Morgan fingerprint density at radius 3 is 2.43 bits per heavy atom. The first-order valence-corrected chi connectivity index (χ1v) is 7.53. The van der Waals surface area contributed by atoms with Gasteiger partial charge in [-0.3, -0.25) is 4.79 Å². The van der Waals surface area contributed by atoms with Gasteiger partial charge in [0.1, 0.15) is 11.7 Å². The number of carbonyl (C=O) groups excluding carboxylic acids is 2. The Morgan fingerprint density at radius 1 is 1.30 bits per heavy atom. The fraction of sp³-hybridized carbons (Fsp3) is 0.500. The number of aliphatic hydroxyl groups is 1. The molecule has 0 aliphatic heterocycles. The molecule has 0 aromatic heterocycles. The summed E-state index contributed by atoms with van der Waals surface area (Å²) >= 11 is 6.05. The van der Waals surface area contributed by atoms with Crippen LogP contribution in [0.5, 0.6) is 0 Å². The molecule has 1 unspecified atom stereocenters. The molecule has 1 aromatic carbocycles. The highest BCUT2D eigenvalue weighted by Gasteiger charge is 2.34. The Balaban J connectivity index is 3.03. The minimum Gasteiger partial charge on any atom is -0.444 e. The van der Waals surface area contributed by atoms with Gasteiger partial charge in [0, 0.05) is 5.56 Å². The highest BCUT2D eigenvalue weighted by atomic mass is 35.5. The lowest BCUT2D eigenvalue weighted by Gasteiger charge is -2.33. The Morgan fingerprint density at radius 2 is 1.91 bits per heavy atom. The lowest BCUT2D eigenvalue weighted by molar-refractivity contribution is -0.105. The van der Waals surface area contributed by atoms with Crippen LogP contribution >= 0.6 is 11.6 Å². The fourth-order valence-corrected chi connectivity index (χ4v) is 2.24. The predicted octanol–water partition coefficient (Wildman–Crippen LogP) is 3.25. The molecule has 0 saturated carbocycles. The number of hydrogen-bond acceptors (Lipinski definition) is 4. The minimum atomic E-state index is -1.11. The lowest BCUT2D eigenvalue weighted by Crippen LogP contribution is -2.49. The van der Waals surface area contributed by atoms with Gasteiger partial charge < -0.3 is 20.5 Å². The van der Waals surface area contributed by atoms with E-state index in [4.69, 9.17) is 16.3 Å². The Labute approximate surface area is 141 Å². The van der Waals surface area contributed by atoms with E-state index < -0.39 is 23.3 Å². The molecule has 3 N–H and O–H groups in total. The van der Waals surface area contributed by atoms with Crippen LogP contribution in [-0.4, -0.2) is 28.7 Å². The van der Waals surface area contributed by atoms with E-state index in [1.54, 1.807) is 52.8 Å². The van der Waals surface area contributed by atoms with Crippen molar-refractivity contribution in [1.29, 1.82) is 0 Å². The van der Waals surface area contributed by atoms with E-state index in [1.165, 1.54) is 0 Å². The quantitative estimate of drug-likeness (QED) is 0.717. The molecule has 23 heavy (non-hydrogen) atoms. The second-order valence-electron chi connectivity index (χ2n) is 6.72. The minimum absolute atomic E-state index is 0.293. The van der Waals surface area contributed by atoms with E-state index >= 15 is 0 Å². The molecule has 128 valence electrons. The number of aliphatic hydroxyl groups excluding tert-OH is 1. The molecule has 0 heterocycles. The standard InChI is InChI=1S/C16H23ClN2O4/c1-15(2,3)23-14(22)19-16(4,5)13(21)10-7-6-8-11(17)12(10)18-9-20/h6-9,13,21H,1-5H3,(H,18,20)(H,19,22). The van der Waals surface area contributed by atoms with Crippen LogP contribution in [0.4, 0.5) is 10.5 Å². The topological polar surface area (TPSA) is 87.7 Å². The van der Waals surface area contributed by atoms with Gasteiger partial charge in [-0.05, 0) is 40.7 Å². The highest BCUT2D eigenvalue weighted by molar-refractivity contribution is 6.33. The van der Waals surface area contributed by atoms with Gasteiger partial charge in [0.05, 0.1) is 16.2 Å². The van der Waals surface area contributed by atoms with E-state index in [2.05, 4.69) is 10.6 Å². The second kappa shape index (κ2) is 7.19. The van der Waals surface area contributed by atoms with Crippen molar-refractivity contribution in [2.24, 2.45) is 0 Å². The molecule has 2 amide bonds. The lowest BCUT2D eigenvalue weighted by atomic mass is 9.90. The summed E-state index contributed by atoms with van der Waals surface area (Å²) in [5.41, 5.74) is -1.00. The molecular weight excluding hydrogens is 320 g/mol. The molecule has 6 nitrogen and oxygen atoms in total. The zero-order valence-electron chi connectivity index (χ0n) is 13.9. The van der Waals surface area contributed by atoms with Crippen LogP contribution in [0.2, 0.25) is 5.02 Å². The van der Waals surface area contributed by atoms with Gasteiger partial charge in [-0.2, -0.15) is 0 Å². The summed E-state index contributed by atoms with van der Waals surface area (Å²) in [6.45, 7) is 8.54. The van der Waals surface area contributed by atoms with E-state index in [0.29, 0.717) is 22.7 Å². The number of halogens is 1. The molecular formula is C16H23ClN2O4. The summed E-state index contributed by atoms with van der Waals surface area (Å²) in [4.78, 5) is 22.7. The van der Waals surface area contributed by atoms with Crippen molar-refractivity contribution in [3.05, 3.63) is 28.8 Å². The van der Waals surface area contributed by atoms with Crippen molar-refractivity contribution in [3.63, 3.8) is 0 Å². The number of ether oxygens (including phenoxy) is 1. The van der Waals surface area contributed by atoms with Gasteiger partial charge >= 0.3 is 6.09 Å². The average molecular weight is 343 g/mol.